The Bertz CT molecular complexity index is 406. The molecule has 1 aromatic carbocycles. The second-order valence-corrected chi connectivity index (χ2v) is 5.15. The van der Waals surface area contributed by atoms with Crippen molar-refractivity contribution in [3.8, 4) is 11.5 Å². The molecule has 1 aromatic rings. The smallest absolute Gasteiger partial charge is 0.161 e. The van der Waals surface area contributed by atoms with Crippen molar-refractivity contribution in [2.75, 3.05) is 13.7 Å². The van der Waals surface area contributed by atoms with Crippen molar-refractivity contribution in [3.63, 3.8) is 0 Å². The Morgan fingerprint density at radius 1 is 1.21 bits per heavy atom. The summed E-state index contributed by atoms with van der Waals surface area (Å²) in [5.41, 5.74) is 1.28. The summed E-state index contributed by atoms with van der Waals surface area (Å²) < 4.78 is 11.5. The molecule has 2 rings (SSSR count). The third-order valence-electron chi connectivity index (χ3n) is 3.81. The fourth-order valence-electron chi connectivity index (χ4n) is 2.73. The standard InChI is InChI=1S/C16H25NO2/c1-4-12-6-9-15(16(10-12)18-3)19-14-8-7-13(11-14)17-5-2/h6,9-10,13-14,17H,4-5,7-8,11H2,1-3H3. The van der Waals surface area contributed by atoms with E-state index in [0.717, 1.165) is 37.3 Å². The summed E-state index contributed by atoms with van der Waals surface area (Å²) in [5.74, 6) is 1.73. The van der Waals surface area contributed by atoms with E-state index < -0.39 is 0 Å². The van der Waals surface area contributed by atoms with Gasteiger partial charge in [-0.25, -0.2) is 0 Å². The molecule has 3 heteroatoms. The van der Waals surface area contributed by atoms with Crippen LogP contribution in [0.1, 0.15) is 38.7 Å². The molecule has 0 heterocycles. The van der Waals surface area contributed by atoms with E-state index in [0.29, 0.717) is 12.1 Å². The van der Waals surface area contributed by atoms with Crippen LogP contribution in [0, 0.1) is 0 Å². The highest BCUT2D eigenvalue weighted by molar-refractivity contribution is 5.43. The number of rotatable bonds is 6. The van der Waals surface area contributed by atoms with Crippen molar-refractivity contribution in [2.45, 2.75) is 51.7 Å². The second kappa shape index (κ2) is 6.80. The summed E-state index contributed by atoms with van der Waals surface area (Å²) in [6, 6.07) is 6.84. The molecule has 1 N–H and O–H groups in total. The molecule has 2 unspecified atom stereocenters. The van der Waals surface area contributed by atoms with Gasteiger partial charge in [0, 0.05) is 6.04 Å². The van der Waals surface area contributed by atoms with Gasteiger partial charge in [-0.05, 0) is 49.9 Å². The molecule has 0 bridgehead atoms. The van der Waals surface area contributed by atoms with Gasteiger partial charge in [-0.1, -0.05) is 19.9 Å². The normalized spacial score (nSPS) is 22.5. The molecular formula is C16H25NO2. The van der Waals surface area contributed by atoms with Gasteiger partial charge in [-0.2, -0.15) is 0 Å². The summed E-state index contributed by atoms with van der Waals surface area (Å²) >= 11 is 0. The Kier molecular flexibility index (Phi) is 5.08. The van der Waals surface area contributed by atoms with Crippen LogP contribution in [0.3, 0.4) is 0 Å². The zero-order chi connectivity index (χ0) is 13.7. The van der Waals surface area contributed by atoms with Crippen molar-refractivity contribution in [1.29, 1.82) is 0 Å². The van der Waals surface area contributed by atoms with E-state index in [-0.39, 0.29) is 0 Å². The molecular weight excluding hydrogens is 238 g/mol. The Morgan fingerprint density at radius 2 is 2.05 bits per heavy atom. The van der Waals surface area contributed by atoms with Crippen LogP contribution < -0.4 is 14.8 Å². The summed E-state index contributed by atoms with van der Waals surface area (Å²) in [5, 5.41) is 3.50. The zero-order valence-electron chi connectivity index (χ0n) is 12.2. The molecule has 106 valence electrons. The maximum atomic E-state index is 6.11. The third-order valence-corrected chi connectivity index (χ3v) is 3.81. The number of nitrogens with one attached hydrogen (secondary N) is 1. The van der Waals surface area contributed by atoms with Gasteiger partial charge in [0.2, 0.25) is 0 Å². The van der Waals surface area contributed by atoms with E-state index in [4.69, 9.17) is 9.47 Å². The van der Waals surface area contributed by atoms with Gasteiger partial charge in [-0.15, -0.1) is 0 Å². The van der Waals surface area contributed by atoms with Gasteiger partial charge in [0.15, 0.2) is 11.5 Å². The van der Waals surface area contributed by atoms with E-state index in [1.807, 2.05) is 6.07 Å². The monoisotopic (exact) mass is 263 g/mol. The predicted octanol–water partition coefficient (Wildman–Crippen LogP) is 3.17. The molecule has 1 aliphatic rings. The first kappa shape index (κ1) is 14.2. The largest absolute Gasteiger partial charge is 0.493 e. The lowest BCUT2D eigenvalue weighted by Crippen LogP contribution is -2.27. The van der Waals surface area contributed by atoms with Crippen LogP contribution in [0.25, 0.3) is 0 Å². The van der Waals surface area contributed by atoms with E-state index in [1.165, 1.54) is 12.0 Å². The molecule has 1 aliphatic carbocycles. The molecule has 3 nitrogen and oxygen atoms in total. The number of hydrogen-bond donors (Lipinski definition) is 1. The highest BCUT2D eigenvalue weighted by atomic mass is 16.5. The highest BCUT2D eigenvalue weighted by Gasteiger charge is 2.26. The first-order valence-corrected chi connectivity index (χ1v) is 7.33. The van der Waals surface area contributed by atoms with Crippen molar-refractivity contribution < 1.29 is 9.47 Å². The number of methoxy groups -OCH3 is 1. The third kappa shape index (κ3) is 3.63. The van der Waals surface area contributed by atoms with Gasteiger partial charge in [0.05, 0.1) is 7.11 Å². The molecule has 1 saturated carbocycles. The molecule has 0 saturated heterocycles. The van der Waals surface area contributed by atoms with Gasteiger partial charge in [0.25, 0.3) is 0 Å². The molecule has 0 amide bonds. The number of aryl methyl sites for hydroxylation is 1. The topological polar surface area (TPSA) is 30.5 Å². The summed E-state index contributed by atoms with van der Waals surface area (Å²) in [6.45, 7) is 5.33. The van der Waals surface area contributed by atoms with Gasteiger partial charge in [-0.3, -0.25) is 0 Å². The minimum absolute atomic E-state index is 0.311. The van der Waals surface area contributed by atoms with Crippen LogP contribution in [0.5, 0.6) is 11.5 Å². The Morgan fingerprint density at radius 3 is 2.74 bits per heavy atom. The van der Waals surface area contributed by atoms with Crippen molar-refractivity contribution in [3.05, 3.63) is 23.8 Å². The van der Waals surface area contributed by atoms with Gasteiger partial charge < -0.3 is 14.8 Å². The quantitative estimate of drug-likeness (QED) is 0.855. The SMILES string of the molecule is CCNC1CCC(Oc2ccc(CC)cc2OC)C1. The number of hydrogen-bond acceptors (Lipinski definition) is 3. The Hall–Kier alpha value is -1.22. The average molecular weight is 263 g/mol. The van der Waals surface area contributed by atoms with Crippen LogP contribution in [-0.2, 0) is 6.42 Å². The van der Waals surface area contributed by atoms with E-state index in [1.54, 1.807) is 7.11 Å². The molecule has 0 spiro atoms. The van der Waals surface area contributed by atoms with Gasteiger partial charge in [0.1, 0.15) is 6.10 Å². The Balaban J connectivity index is 1.99. The van der Waals surface area contributed by atoms with E-state index in [2.05, 4.69) is 31.3 Å². The second-order valence-electron chi connectivity index (χ2n) is 5.15. The maximum absolute atomic E-state index is 6.11. The number of benzene rings is 1. The summed E-state index contributed by atoms with van der Waals surface area (Å²) in [7, 11) is 1.71. The first-order chi connectivity index (χ1) is 9.26. The van der Waals surface area contributed by atoms with Crippen LogP contribution >= 0.6 is 0 Å². The van der Waals surface area contributed by atoms with Crippen molar-refractivity contribution in [2.24, 2.45) is 0 Å². The average Bonchev–Trinajstić information content (AvgIpc) is 2.87. The molecule has 2 atom stereocenters. The van der Waals surface area contributed by atoms with Crippen LogP contribution in [0.2, 0.25) is 0 Å². The molecule has 0 aromatic heterocycles. The lowest BCUT2D eigenvalue weighted by Gasteiger charge is -2.17. The van der Waals surface area contributed by atoms with Crippen LogP contribution in [0.4, 0.5) is 0 Å². The van der Waals surface area contributed by atoms with Crippen LogP contribution in [-0.4, -0.2) is 25.8 Å². The maximum Gasteiger partial charge on any atom is 0.161 e. The van der Waals surface area contributed by atoms with Crippen LogP contribution in [0.15, 0.2) is 18.2 Å². The van der Waals surface area contributed by atoms with E-state index in [9.17, 15) is 0 Å². The van der Waals surface area contributed by atoms with Crippen molar-refractivity contribution >= 4 is 0 Å². The summed E-state index contributed by atoms with van der Waals surface area (Å²) in [6.07, 6.45) is 4.74. The van der Waals surface area contributed by atoms with Gasteiger partial charge >= 0.3 is 0 Å². The predicted molar refractivity (Wildman–Crippen MR) is 78.1 cm³/mol. The molecule has 1 fully saturated rings. The lowest BCUT2D eigenvalue weighted by atomic mass is 10.1. The number of ether oxygens (including phenoxy) is 2. The van der Waals surface area contributed by atoms with Crippen molar-refractivity contribution in [1.82, 2.24) is 5.32 Å². The molecule has 19 heavy (non-hydrogen) atoms. The molecule has 0 aliphatic heterocycles. The zero-order valence-corrected chi connectivity index (χ0v) is 12.2. The minimum Gasteiger partial charge on any atom is -0.493 e. The Labute approximate surface area is 116 Å². The first-order valence-electron chi connectivity index (χ1n) is 7.33. The fourth-order valence-corrected chi connectivity index (χ4v) is 2.73. The summed E-state index contributed by atoms with van der Waals surface area (Å²) in [4.78, 5) is 0. The molecule has 0 radical (unpaired) electrons. The highest BCUT2D eigenvalue weighted by Crippen LogP contribution is 2.32. The minimum atomic E-state index is 0.311. The lowest BCUT2D eigenvalue weighted by molar-refractivity contribution is 0.197. The fraction of sp³-hybridized carbons (Fsp3) is 0.625. The van der Waals surface area contributed by atoms with E-state index >= 15 is 0 Å².